The predicted molar refractivity (Wildman–Crippen MR) is 64.6 cm³/mol. The molecule has 0 saturated heterocycles. The molecule has 3 atom stereocenters. The van der Waals surface area contributed by atoms with Gasteiger partial charge in [-0.3, -0.25) is 4.79 Å². The Morgan fingerprint density at radius 2 is 2.18 bits per heavy atom. The van der Waals surface area contributed by atoms with E-state index in [0.29, 0.717) is 11.8 Å². The number of esters is 1. The third-order valence-electron chi connectivity index (χ3n) is 4.15. The maximum Gasteiger partial charge on any atom is 0.312 e. The van der Waals surface area contributed by atoms with Gasteiger partial charge in [0.2, 0.25) is 0 Å². The maximum atomic E-state index is 11.6. The van der Waals surface area contributed by atoms with Crippen LogP contribution in [0.5, 0.6) is 0 Å². The zero-order chi connectivity index (χ0) is 12.4. The first-order chi connectivity index (χ1) is 8.22. The van der Waals surface area contributed by atoms with Crippen molar-refractivity contribution in [3.63, 3.8) is 0 Å². The molecule has 4 nitrogen and oxygen atoms in total. The van der Waals surface area contributed by atoms with Gasteiger partial charge in [0.1, 0.15) is 6.10 Å². The van der Waals surface area contributed by atoms with Crippen LogP contribution >= 0.6 is 0 Å². The molecule has 1 fully saturated rings. The topological polar surface area (TPSA) is 47.9 Å². The third kappa shape index (κ3) is 2.05. The van der Waals surface area contributed by atoms with Gasteiger partial charge < -0.3 is 9.57 Å². The Hall–Kier alpha value is -1.06. The van der Waals surface area contributed by atoms with Gasteiger partial charge in [-0.25, -0.2) is 0 Å². The summed E-state index contributed by atoms with van der Waals surface area (Å²) in [7, 11) is 1.44. The average Bonchev–Trinajstić information content (AvgIpc) is 2.92. The molecular formula is C13H21NO3. The number of methoxy groups -OCH3 is 1. The third-order valence-corrected chi connectivity index (χ3v) is 4.15. The van der Waals surface area contributed by atoms with Crippen molar-refractivity contribution in [2.24, 2.45) is 22.9 Å². The second-order valence-corrected chi connectivity index (χ2v) is 4.91. The minimum absolute atomic E-state index is 0.0713. The standard InChI is InChI=1S/C13H21NO3/c1-4-8(5-2)11-9-6-7-10(13(15)16-3)12(9)17-14-11/h8-10,12H,4-7H2,1-3H3. The van der Waals surface area contributed by atoms with Crippen molar-refractivity contribution in [3.05, 3.63) is 0 Å². The van der Waals surface area contributed by atoms with Gasteiger partial charge in [0.05, 0.1) is 18.7 Å². The quantitative estimate of drug-likeness (QED) is 0.708. The van der Waals surface area contributed by atoms with Crippen LogP contribution in [-0.4, -0.2) is 24.9 Å². The number of hydrogen-bond acceptors (Lipinski definition) is 4. The maximum absolute atomic E-state index is 11.6. The van der Waals surface area contributed by atoms with Gasteiger partial charge in [0, 0.05) is 11.8 Å². The number of carbonyl (C=O) groups excluding carboxylic acids is 1. The minimum Gasteiger partial charge on any atom is -0.469 e. The molecule has 1 saturated carbocycles. The number of nitrogens with zero attached hydrogens (tertiary/aromatic N) is 1. The van der Waals surface area contributed by atoms with Gasteiger partial charge in [-0.1, -0.05) is 19.0 Å². The fourth-order valence-corrected chi connectivity index (χ4v) is 3.11. The van der Waals surface area contributed by atoms with Crippen LogP contribution in [0.1, 0.15) is 39.5 Å². The lowest BCUT2D eigenvalue weighted by atomic mass is 9.86. The highest BCUT2D eigenvalue weighted by atomic mass is 16.6. The van der Waals surface area contributed by atoms with Crippen molar-refractivity contribution in [3.8, 4) is 0 Å². The molecular weight excluding hydrogens is 218 g/mol. The molecule has 0 amide bonds. The molecule has 0 aromatic rings. The van der Waals surface area contributed by atoms with Crippen molar-refractivity contribution in [2.75, 3.05) is 7.11 Å². The molecule has 17 heavy (non-hydrogen) atoms. The number of ether oxygens (including phenoxy) is 1. The highest BCUT2D eigenvalue weighted by Gasteiger charge is 2.49. The first-order valence-corrected chi connectivity index (χ1v) is 6.54. The van der Waals surface area contributed by atoms with E-state index in [4.69, 9.17) is 9.57 Å². The molecule has 3 unspecified atom stereocenters. The van der Waals surface area contributed by atoms with Crippen LogP contribution in [0.25, 0.3) is 0 Å². The van der Waals surface area contributed by atoms with Crippen molar-refractivity contribution in [1.29, 1.82) is 0 Å². The number of rotatable bonds is 4. The van der Waals surface area contributed by atoms with Crippen LogP contribution in [0.2, 0.25) is 0 Å². The molecule has 0 spiro atoms. The van der Waals surface area contributed by atoms with E-state index >= 15 is 0 Å². The number of fused-ring (bicyclic) bond motifs is 1. The SMILES string of the molecule is CCC(CC)C1=NOC2C(C(=O)OC)CCC12. The van der Waals surface area contributed by atoms with Crippen LogP contribution in [0.4, 0.5) is 0 Å². The normalized spacial score (nSPS) is 31.1. The summed E-state index contributed by atoms with van der Waals surface area (Å²) >= 11 is 0. The van der Waals surface area contributed by atoms with Crippen molar-refractivity contribution >= 4 is 11.7 Å². The van der Waals surface area contributed by atoms with Crippen LogP contribution < -0.4 is 0 Å². The lowest BCUT2D eigenvalue weighted by Gasteiger charge is -2.17. The Balaban J connectivity index is 2.07. The smallest absolute Gasteiger partial charge is 0.312 e. The van der Waals surface area contributed by atoms with Crippen LogP contribution in [0.15, 0.2) is 5.16 Å². The van der Waals surface area contributed by atoms with Gasteiger partial charge in [-0.15, -0.1) is 0 Å². The Morgan fingerprint density at radius 3 is 2.76 bits per heavy atom. The second-order valence-electron chi connectivity index (χ2n) is 4.91. The summed E-state index contributed by atoms with van der Waals surface area (Å²) < 4.78 is 4.82. The van der Waals surface area contributed by atoms with Crippen LogP contribution in [-0.2, 0) is 14.4 Å². The van der Waals surface area contributed by atoms with E-state index in [0.717, 1.165) is 25.7 Å². The summed E-state index contributed by atoms with van der Waals surface area (Å²) in [5, 5.41) is 4.24. The van der Waals surface area contributed by atoms with E-state index in [9.17, 15) is 4.79 Å². The fraction of sp³-hybridized carbons (Fsp3) is 0.846. The van der Waals surface area contributed by atoms with Gasteiger partial charge in [-0.2, -0.15) is 0 Å². The molecule has 1 heterocycles. The lowest BCUT2D eigenvalue weighted by molar-refractivity contribution is -0.149. The van der Waals surface area contributed by atoms with Gasteiger partial charge in [0.15, 0.2) is 0 Å². The molecule has 4 heteroatoms. The molecule has 0 bridgehead atoms. The number of carbonyl (C=O) groups is 1. The highest BCUT2D eigenvalue weighted by Crippen LogP contribution is 2.41. The second kappa shape index (κ2) is 5.07. The first kappa shape index (κ1) is 12.4. The summed E-state index contributed by atoms with van der Waals surface area (Å²) in [6, 6.07) is 0. The Kier molecular flexibility index (Phi) is 3.69. The van der Waals surface area contributed by atoms with Gasteiger partial charge in [-0.05, 0) is 25.7 Å². The largest absolute Gasteiger partial charge is 0.469 e. The summed E-state index contributed by atoms with van der Waals surface area (Å²) in [4.78, 5) is 17.1. The van der Waals surface area contributed by atoms with Crippen molar-refractivity contribution < 1.29 is 14.4 Å². The van der Waals surface area contributed by atoms with Gasteiger partial charge in [0.25, 0.3) is 0 Å². The summed E-state index contributed by atoms with van der Waals surface area (Å²) in [6.45, 7) is 4.35. The molecule has 0 aromatic carbocycles. The monoisotopic (exact) mass is 239 g/mol. The molecule has 0 aromatic heterocycles. The van der Waals surface area contributed by atoms with E-state index in [1.807, 2.05) is 0 Å². The predicted octanol–water partition coefficient (Wildman–Crippen LogP) is 2.38. The highest BCUT2D eigenvalue weighted by molar-refractivity contribution is 5.91. The zero-order valence-corrected chi connectivity index (χ0v) is 10.8. The van der Waals surface area contributed by atoms with Crippen LogP contribution in [0, 0.1) is 17.8 Å². The Labute approximate surface area is 102 Å². The fourth-order valence-electron chi connectivity index (χ4n) is 3.11. The molecule has 0 radical (unpaired) electrons. The molecule has 1 aliphatic heterocycles. The number of oxime groups is 1. The Bertz CT molecular complexity index is 323. The molecule has 0 N–H and O–H groups in total. The van der Waals surface area contributed by atoms with E-state index in [1.54, 1.807) is 0 Å². The van der Waals surface area contributed by atoms with Gasteiger partial charge >= 0.3 is 5.97 Å². The summed E-state index contributed by atoms with van der Waals surface area (Å²) in [5.41, 5.74) is 1.17. The lowest BCUT2D eigenvalue weighted by Crippen LogP contribution is -2.30. The van der Waals surface area contributed by atoms with E-state index < -0.39 is 0 Å². The molecule has 1 aliphatic carbocycles. The van der Waals surface area contributed by atoms with E-state index in [1.165, 1.54) is 12.8 Å². The first-order valence-electron chi connectivity index (χ1n) is 6.54. The molecule has 2 rings (SSSR count). The number of hydrogen-bond donors (Lipinski definition) is 0. The van der Waals surface area contributed by atoms with Crippen LogP contribution in [0.3, 0.4) is 0 Å². The Morgan fingerprint density at radius 1 is 1.47 bits per heavy atom. The van der Waals surface area contributed by atoms with E-state index in [-0.39, 0.29) is 18.0 Å². The molecule has 96 valence electrons. The van der Waals surface area contributed by atoms with Crippen molar-refractivity contribution in [2.45, 2.75) is 45.6 Å². The zero-order valence-electron chi connectivity index (χ0n) is 10.8. The summed E-state index contributed by atoms with van der Waals surface area (Å²) in [6.07, 6.45) is 3.97. The minimum atomic E-state index is -0.154. The summed E-state index contributed by atoms with van der Waals surface area (Å²) in [5.74, 6) is 0.560. The van der Waals surface area contributed by atoms with E-state index in [2.05, 4.69) is 19.0 Å². The average molecular weight is 239 g/mol. The molecule has 2 aliphatic rings. The van der Waals surface area contributed by atoms with Crippen molar-refractivity contribution in [1.82, 2.24) is 0 Å².